The van der Waals surface area contributed by atoms with Gasteiger partial charge in [-0.25, -0.2) is 4.79 Å². The van der Waals surface area contributed by atoms with Crippen molar-refractivity contribution in [2.45, 2.75) is 58.0 Å². The lowest BCUT2D eigenvalue weighted by Crippen LogP contribution is -2.25. The number of benzene rings is 1. The second kappa shape index (κ2) is 14.4. The summed E-state index contributed by atoms with van der Waals surface area (Å²) in [6, 6.07) is 9.66. The Labute approximate surface area is 144 Å². The van der Waals surface area contributed by atoms with Crippen molar-refractivity contribution in [1.29, 1.82) is 0 Å². The van der Waals surface area contributed by atoms with E-state index < -0.39 is 0 Å². The maximum absolute atomic E-state index is 11.5. The monoisotopic (exact) mass is 332 g/mol. The van der Waals surface area contributed by atoms with E-state index in [9.17, 15) is 4.79 Å². The van der Waals surface area contributed by atoms with E-state index in [1.165, 1.54) is 25.7 Å². The van der Waals surface area contributed by atoms with Crippen LogP contribution in [0.1, 0.15) is 56.9 Å². The van der Waals surface area contributed by atoms with Gasteiger partial charge in [0.15, 0.2) is 0 Å². The summed E-state index contributed by atoms with van der Waals surface area (Å²) in [5.41, 5.74) is 9.14. The summed E-state index contributed by atoms with van der Waals surface area (Å²) >= 11 is 0. The van der Waals surface area contributed by atoms with Gasteiger partial charge in [0.05, 0.1) is 0 Å². The first-order chi connectivity index (χ1) is 11.8. The third-order valence-corrected chi connectivity index (χ3v) is 3.73. The Morgan fingerprint density at radius 2 is 1.62 bits per heavy atom. The van der Waals surface area contributed by atoms with Crippen molar-refractivity contribution in [2.75, 3.05) is 13.1 Å². The third-order valence-electron chi connectivity index (χ3n) is 3.73. The van der Waals surface area contributed by atoms with Gasteiger partial charge >= 0.3 is 6.09 Å². The van der Waals surface area contributed by atoms with Crippen molar-refractivity contribution < 1.29 is 9.53 Å². The van der Waals surface area contributed by atoms with Gasteiger partial charge in [0, 0.05) is 18.0 Å². The number of hydrogen-bond donors (Lipinski definition) is 1. The molecule has 0 saturated carbocycles. The lowest BCUT2D eigenvalue weighted by molar-refractivity contribution is 0.139. The molecule has 1 N–H and O–H groups in total. The zero-order chi connectivity index (χ0) is 17.3. The van der Waals surface area contributed by atoms with Crippen molar-refractivity contribution in [3.8, 4) is 0 Å². The molecule has 1 aromatic rings. The van der Waals surface area contributed by atoms with Crippen molar-refractivity contribution in [1.82, 2.24) is 5.32 Å². The van der Waals surface area contributed by atoms with Crippen LogP contribution in [0.3, 0.4) is 0 Å². The molecular formula is C18H28N4O2. The Morgan fingerprint density at radius 1 is 1.00 bits per heavy atom. The summed E-state index contributed by atoms with van der Waals surface area (Å²) in [5.74, 6) is 0. The smallest absolute Gasteiger partial charge is 0.407 e. The summed E-state index contributed by atoms with van der Waals surface area (Å²) in [4.78, 5) is 14.3. The van der Waals surface area contributed by atoms with Gasteiger partial charge in [0.1, 0.15) is 6.61 Å². The van der Waals surface area contributed by atoms with Gasteiger partial charge in [-0.15, -0.1) is 0 Å². The molecular weight excluding hydrogens is 304 g/mol. The molecule has 1 amide bonds. The molecule has 0 unspecified atom stereocenters. The van der Waals surface area contributed by atoms with Crippen LogP contribution in [0.2, 0.25) is 0 Å². The number of amides is 1. The number of ether oxygens (including phenoxy) is 1. The zero-order valence-corrected chi connectivity index (χ0v) is 14.3. The quantitative estimate of drug-likeness (QED) is 0.228. The fourth-order valence-corrected chi connectivity index (χ4v) is 2.38. The van der Waals surface area contributed by atoms with E-state index in [0.29, 0.717) is 19.7 Å². The van der Waals surface area contributed by atoms with E-state index in [0.717, 1.165) is 31.2 Å². The van der Waals surface area contributed by atoms with Gasteiger partial charge in [-0.05, 0) is 23.9 Å². The Bertz CT molecular complexity index is 487. The highest BCUT2D eigenvalue weighted by molar-refractivity contribution is 5.67. The van der Waals surface area contributed by atoms with Crippen LogP contribution < -0.4 is 5.32 Å². The molecule has 0 fully saturated rings. The molecule has 6 heteroatoms. The van der Waals surface area contributed by atoms with Gasteiger partial charge in [0.25, 0.3) is 0 Å². The molecule has 0 aliphatic heterocycles. The Morgan fingerprint density at radius 3 is 2.29 bits per heavy atom. The molecule has 0 radical (unpaired) electrons. The fraction of sp³-hybridized carbons (Fsp3) is 0.611. The summed E-state index contributed by atoms with van der Waals surface area (Å²) in [7, 11) is 0. The average molecular weight is 332 g/mol. The van der Waals surface area contributed by atoms with Gasteiger partial charge in [-0.3, -0.25) is 0 Å². The topological polar surface area (TPSA) is 87.1 Å². The van der Waals surface area contributed by atoms with Crippen LogP contribution in [-0.4, -0.2) is 19.2 Å². The maximum atomic E-state index is 11.5. The Kier molecular flexibility index (Phi) is 11.9. The Hall–Kier alpha value is -2.20. The molecule has 0 atom stereocenters. The first-order valence-electron chi connectivity index (χ1n) is 8.78. The van der Waals surface area contributed by atoms with Crippen molar-refractivity contribution >= 4 is 6.09 Å². The average Bonchev–Trinajstić information content (AvgIpc) is 2.62. The summed E-state index contributed by atoms with van der Waals surface area (Å²) < 4.78 is 5.15. The molecule has 0 aliphatic rings. The number of rotatable bonds is 13. The number of carbonyl (C=O) groups is 1. The van der Waals surface area contributed by atoms with Crippen LogP contribution in [0.4, 0.5) is 4.79 Å². The van der Waals surface area contributed by atoms with Gasteiger partial charge in [-0.1, -0.05) is 74.0 Å². The second-order valence-corrected chi connectivity index (χ2v) is 5.77. The molecule has 6 nitrogen and oxygen atoms in total. The molecule has 1 rings (SSSR count). The Balaban J connectivity index is 1.84. The third kappa shape index (κ3) is 11.4. The normalized spacial score (nSPS) is 10.0. The molecule has 0 aromatic heterocycles. The van der Waals surface area contributed by atoms with Crippen LogP contribution >= 0.6 is 0 Å². The minimum Gasteiger partial charge on any atom is -0.445 e. The molecule has 24 heavy (non-hydrogen) atoms. The summed E-state index contributed by atoms with van der Waals surface area (Å²) in [5, 5.41) is 6.30. The number of nitrogens with zero attached hydrogens (tertiary/aromatic N) is 3. The molecule has 132 valence electrons. The first-order valence-corrected chi connectivity index (χ1v) is 8.78. The lowest BCUT2D eigenvalue weighted by Gasteiger charge is -2.07. The molecule has 0 spiro atoms. The first kappa shape index (κ1) is 19.8. The van der Waals surface area contributed by atoms with E-state index in [4.69, 9.17) is 10.3 Å². The van der Waals surface area contributed by atoms with Crippen LogP contribution in [0.15, 0.2) is 35.4 Å². The second-order valence-electron chi connectivity index (χ2n) is 5.77. The highest BCUT2D eigenvalue weighted by Crippen LogP contribution is 2.08. The standard InChI is InChI=1S/C18H28N4O2/c19-22-21-15-11-6-4-2-1-3-5-10-14-20-18(23)24-16-17-12-8-7-9-13-17/h7-9,12-13H,1-6,10-11,14-16H2,(H,20,23). The molecule has 1 aromatic carbocycles. The lowest BCUT2D eigenvalue weighted by atomic mass is 10.1. The van der Waals surface area contributed by atoms with E-state index in [1.807, 2.05) is 30.3 Å². The van der Waals surface area contributed by atoms with E-state index >= 15 is 0 Å². The van der Waals surface area contributed by atoms with Gasteiger partial charge in [0.2, 0.25) is 0 Å². The molecule has 0 bridgehead atoms. The van der Waals surface area contributed by atoms with Crippen LogP contribution in [0.25, 0.3) is 10.4 Å². The minimum atomic E-state index is -0.348. The number of alkyl carbamates (subject to hydrolysis) is 1. The zero-order valence-electron chi connectivity index (χ0n) is 14.3. The SMILES string of the molecule is [N-]=[N+]=NCCCCCCCCCCNC(=O)OCc1ccccc1. The highest BCUT2D eigenvalue weighted by atomic mass is 16.5. The predicted octanol–water partition coefficient (Wildman–Crippen LogP) is 5.34. The maximum Gasteiger partial charge on any atom is 0.407 e. The molecule has 0 aliphatic carbocycles. The van der Waals surface area contributed by atoms with Gasteiger partial charge < -0.3 is 10.1 Å². The largest absolute Gasteiger partial charge is 0.445 e. The minimum absolute atomic E-state index is 0.312. The van der Waals surface area contributed by atoms with Crippen LogP contribution in [0.5, 0.6) is 0 Å². The van der Waals surface area contributed by atoms with Crippen molar-refractivity contribution in [2.24, 2.45) is 5.11 Å². The summed E-state index contributed by atoms with van der Waals surface area (Å²) in [6.45, 7) is 1.59. The van der Waals surface area contributed by atoms with E-state index in [2.05, 4.69) is 15.3 Å². The number of unbranched alkanes of at least 4 members (excludes halogenated alkanes) is 7. The summed E-state index contributed by atoms with van der Waals surface area (Å²) in [6.07, 6.45) is 8.71. The molecule has 0 saturated heterocycles. The number of nitrogens with one attached hydrogen (secondary N) is 1. The number of hydrogen-bond acceptors (Lipinski definition) is 3. The number of carbonyl (C=O) groups excluding carboxylic acids is 1. The van der Waals surface area contributed by atoms with Crippen LogP contribution in [-0.2, 0) is 11.3 Å². The number of azide groups is 1. The van der Waals surface area contributed by atoms with Crippen molar-refractivity contribution in [3.05, 3.63) is 46.3 Å². The fourth-order valence-electron chi connectivity index (χ4n) is 2.38. The predicted molar refractivity (Wildman–Crippen MR) is 95.6 cm³/mol. The molecule has 0 heterocycles. The van der Waals surface area contributed by atoms with Crippen molar-refractivity contribution in [3.63, 3.8) is 0 Å². The highest BCUT2D eigenvalue weighted by Gasteiger charge is 2.01. The van der Waals surface area contributed by atoms with Crippen LogP contribution in [0, 0.1) is 0 Å². The van der Waals surface area contributed by atoms with Gasteiger partial charge in [-0.2, -0.15) is 0 Å². The van der Waals surface area contributed by atoms with E-state index in [-0.39, 0.29) is 6.09 Å². The van der Waals surface area contributed by atoms with E-state index in [1.54, 1.807) is 0 Å².